The molecule has 0 fully saturated rings. The average Bonchev–Trinajstić information content (AvgIpc) is 2.93. The Morgan fingerprint density at radius 3 is 2.48 bits per heavy atom. The molecule has 8 nitrogen and oxygen atoms in total. The van der Waals surface area contributed by atoms with Crippen molar-refractivity contribution in [1.82, 2.24) is 15.5 Å². The van der Waals surface area contributed by atoms with Gasteiger partial charge in [-0.25, -0.2) is 4.79 Å². The fourth-order valence-corrected chi connectivity index (χ4v) is 2.64. The summed E-state index contributed by atoms with van der Waals surface area (Å²) in [6, 6.07) is 1.54. The standard InChI is InChI=1S/C15H26N4O4/c1-5-6-8-15(14(2,3)4,18-13(22)23)11(20)12(21)17-10-7-9-16-19-10/h7,9,11,18,20H,5-6,8H2,1-4H3,(H,22,23)(H2,16,17,19,21)/t11-,15?/m1/s1. The maximum atomic E-state index is 12.4. The molecule has 0 aromatic carbocycles. The zero-order valence-corrected chi connectivity index (χ0v) is 14.0. The van der Waals surface area contributed by atoms with Gasteiger partial charge in [0.25, 0.3) is 5.91 Å². The highest BCUT2D eigenvalue weighted by molar-refractivity contribution is 5.94. The third-order valence-electron chi connectivity index (χ3n) is 4.07. The molecule has 0 aliphatic rings. The van der Waals surface area contributed by atoms with Crippen LogP contribution in [0.1, 0.15) is 47.0 Å². The molecule has 1 heterocycles. The van der Waals surface area contributed by atoms with Crippen LogP contribution < -0.4 is 10.6 Å². The van der Waals surface area contributed by atoms with Gasteiger partial charge in [0.05, 0.1) is 11.7 Å². The van der Waals surface area contributed by atoms with Gasteiger partial charge in [0.15, 0.2) is 6.10 Å². The van der Waals surface area contributed by atoms with E-state index in [1.165, 1.54) is 6.20 Å². The predicted octanol–water partition coefficient (Wildman–Crippen LogP) is 1.95. The molecule has 23 heavy (non-hydrogen) atoms. The van der Waals surface area contributed by atoms with E-state index >= 15 is 0 Å². The number of hydrogen-bond donors (Lipinski definition) is 5. The van der Waals surface area contributed by atoms with Crippen molar-refractivity contribution < 1.29 is 19.8 Å². The Labute approximate surface area is 135 Å². The molecule has 1 aromatic rings. The second-order valence-corrected chi connectivity index (χ2v) is 6.62. The van der Waals surface area contributed by atoms with Gasteiger partial charge in [-0.1, -0.05) is 40.5 Å². The van der Waals surface area contributed by atoms with Crippen LogP contribution in [0.3, 0.4) is 0 Å². The summed E-state index contributed by atoms with van der Waals surface area (Å²) in [5.41, 5.74) is -1.98. The molecular weight excluding hydrogens is 300 g/mol. The summed E-state index contributed by atoms with van der Waals surface area (Å²) < 4.78 is 0. The van der Waals surface area contributed by atoms with Gasteiger partial charge in [-0.2, -0.15) is 5.10 Å². The minimum Gasteiger partial charge on any atom is -0.465 e. The number of aromatic nitrogens is 2. The predicted molar refractivity (Wildman–Crippen MR) is 86.1 cm³/mol. The average molecular weight is 326 g/mol. The second-order valence-electron chi connectivity index (χ2n) is 6.62. The molecule has 0 spiro atoms. The lowest BCUT2D eigenvalue weighted by Crippen LogP contribution is -2.66. The zero-order valence-electron chi connectivity index (χ0n) is 14.0. The van der Waals surface area contributed by atoms with E-state index in [0.29, 0.717) is 18.7 Å². The third-order valence-corrected chi connectivity index (χ3v) is 4.07. The summed E-state index contributed by atoms with van der Waals surface area (Å²) >= 11 is 0. The fourth-order valence-electron chi connectivity index (χ4n) is 2.64. The molecule has 0 saturated carbocycles. The number of nitrogens with one attached hydrogen (secondary N) is 3. The lowest BCUT2D eigenvalue weighted by atomic mass is 9.67. The van der Waals surface area contributed by atoms with E-state index in [1.54, 1.807) is 26.8 Å². The third kappa shape index (κ3) is 4.44. The molecule has 0 radical (unpaired) electrons. The highest BCUT2D eigenvalue weighted by Crippen LogP contribution is 2.38. The number of carboxylic acid groups (broad SMARTS) is 1. The van der Waals surface area contributed by atoms with Gasteiger partial charge >= 0.3 is 6.09 Å². The van der Waals surface area contributed by atoms with Crippen LogP contribution in [0, 0.1) is 5.41 Å². The van der Waals surface area contributed by atoms with Crippen LogP contribution >= 0.6 is 0 Å². The van der Waals surface area contributed by atoms with E-state index in [4.69, 9.17) is 0 Å². The summed E-state index contributed by atoms with van der Waals surface area (Å²) in [6.45, 7) is 7.35. The Morgan fingerprint density at radius 1 is 1.39 bits per heavy atom. The lowest BCUT2D eigenvalue weighted by Gasteiger charge is -2.47. The fraction of sp³-hybridized carbons (Fsp3) is 0.667. The van der Waals surface area contributed by atoms with E-state index in [-0.39, 0.29) is 0 Å². The largest absolute Gasteiger partial charge is 0.465 e. The molecule has 8 heteroatoms. The normalized spacial score (nSPS) is 15.5. The Bertz CT molecular complexity index is 524. The summed E-state index contributed by atoms with van der Waals surface area (Å²) in [7, 11) is 0. The van der Waals surface area contributed by atoms with Gasteiger partial charge in [-0.3, -0.25) is 9.89 Å². The van der Waals surface area contributed by atoms with E-state index in [1.807, 2.05) is 6.92 Å². The Morgan fingerprint density at radius 2 is 2.04 bits per heavy atom. The zero-order chi connectivity index (χ0) is 17.7. The van der Waals surface area contributed by atoms with E-state index in [2.05, 4.69) is 20.8 Å². The first-order valence-corrected chi connectivity index (χ1v) is 7.63. The maximum absolute atomic E-state index is 12.4. The molecule has 2 atom stereocenters. The summed E-state index contributed by atoms with van der Waals surface area (Å²) in [5, 5.41) is 31.1. The molecule has 2 amide bonds. The number of carbonyl (C=O) groups is 2. The first-order chi connectivity index (χ1) is 10.6. The van der Waals surface area contributed by atoms with Crippen molar-refractivity contribution in [2.45, 2.75) is 58.6 Å². The topological polar surface area (TPSA) is 127 Å². The Kier molecular flexibility index (Phi) is 6.14. The van der Waals surface area contributed by atoms with Gasteiger partial charge in [0.1, 0.15) is 5.82 Å². The monoisotopic (exact) mass is 326 g/mol. The molecule has 0 saturated heterocycles. The van der Waals surface area contributed by atoms with Gasteiger partial charge in [0, 0.05) is 6.07 Å². The van der Waals surface area contributed by atoms with Gasteiger partial charge < -0.3 is 20.8 Å². The van der Waals surface area contributed by atoms with Gasteiger partial charge in [-0.15, -0.1) is 0 Å². The van der Waals surface area contributed by atoms with Crippen LogP contribution in [0.4, 0.5) is 10.6 Å². The molecule has 5 N–H and O–H groups in total. The number of amides is 2. The van der Waals surface area contributed by atoms with Gasteiger partial charge in [-0.05, 0) is 11.8 Å². The van der Waals surface area contributed by atoms with Crippen molar-refractivity contribution in [2.24, 2.45) is 5.41 Å². The van der Waals surface area contributed by atoms with Crippen LogP contribution in [0.25, 0.3) is 0 Å². The highest BCUT2D eigenvalue weighted by Gasteiger charge is 2.51. The number of unbranched alkanes of at least 4 members (excludes halogenated alkanes) is 1. The first kappa shape index (κ1) is 19.0. The van der Waals surface area contributed by atoms with E-state index < -0.39 is 29.1 Å². The van der Waals surface area contributed by atoms with Crippen LogP contribution in [-0.4, -0.2) is 44.1 Å². The van der Waals surface area contributed by atoms with Crippen LogP contribution in [-0.2, 0) is 4.79 Å². The molecule has 0 bridgehead atoms. The number of aliphatic hydroxyl groups is 1. The summed E-state index contributed by atoms with van der Waals surface area (Å²) in [5.74, 6) is -0.350. The number of anilines is 1. The van der Waals surface area contributed by atoms with Crippen molar-refractivity contribution in [3.8, 4) is 0 Å². The Balaban J connectivity index is 3.13. The van der Waals surface area contributed by atoms with Crippen molar-refractivity contribution in [3.05, 3.63) is 12.3 Å². The summed E-state index contributed by atoms with van der Waals surface area (Å²) in [4.78, 5) is 23.7. The number of nitrogens with zero attached hydrogens (tertiary/aromatic N) is 1. The van der Waals surface area contributed by atoms with E-state index in [9.17, 15) is 19.8 Å². The SMILES string of the molecule is CCCCC(NC(=O)O)([C@H](O)C(=O)Nc1ccn[nH]1)C(C)(C)C. The molecule has 0 aliphatic heterocycles. The smallest absolute Gasteiger partial charge is 0.405 e. The summed E-state index contributed by atoms with van der Waals surface area (Å²) in [6.07, 6.45) is 0.473. The van der Waals surface area contributed by atoms with Crippen LogP contribution in [0.5, 0.6) is 0 Å². The van der Waals surface area contributed by atoms with Crippen molar-refractivity contribution >= 4 is 17.8 Å². The van der Waals surface area contributed by atoms with Crippen molar-refractivity contribution in [2.75, 3.05) is 5.32 Å². The number of aliphatic hydroxyl groups excluding tert-OH is 1. The molecular formula is C15H26N4O4. The second kappa shape index (κ2) is 7.45. The molecule has 130 valence electrons. The minimum absolute atomic E-state index is 0.336. The molecule has 1 aromatic heterocycles. The number of aromatic amines is 1. The number of H-pyrrole nitrogens is 1. The highest BCUT2D eigenvalue weighted by atomic mass is 16.4. The maximum Gasteiger partial charge on any atom is 0.405 e. The Hall–Kier alpha value is -2.09. The minimum atomic E-state index is -1.55. The first-order valence-electron chi connectivity index (χ1n) is 7.63. The quantitative estimate of drug-likeness (QED) is 0.523. The number of rotatable bonds is 7. The van der Waals surface area contributed by atoms with Crippen molar-refractivity contribution in [3.63, 3.8) is 0 Å². The van der Waals surface area contributed by atoms with Crippen LogP contribution in [0.2, 0.25) is 0 Å². The lowest BCUT2D eigenvalue weighted by molar-refractivity contribution is -0.132. The van der Waals surface area contributed by atoms with Gasteiger partial charge in [0.2, 0.25) is 0 Å². The molecule has 0 aliphatic carbocycles. The number of carbonyl (C=O) groups excluding carboxylic acids is 1. The molecule has 1 unspecified atom stereocenters. The number of hydrogen-bond acceptors (Lipinski definition) is 4. The van der Waals surface area contributed by atoms with E-state index in [0.717, 1.165) is 6.42 Å². The van der Waals surface area contributed by atoms with Crippen LogP contribution in [0.15, 0.2) is 12.3 Å². The van der Waals surface area contributed by atoms with Crippen molar-refractivity contribution in [1.29, 1.82) is 0 Å². The molecule has 1 rings (SSSR count).